The molecule has 0 aromatic heterocycles. The SMILES string of the molecule is CCC1CCC(COS(=O)(=O)c2ccc(C)cc2)CC1. The zero-order chi connectivity index (χ0) is 14.6. The van der Waals surface area contributed by atoms with Crippen LogP contribution in [0.25, 0.3) is 0 Å². The zero-order valence-electron chi connectivity index (χ0n) is 12.3. The molecule has 1 aromatic rings. The van der Waals surface area contributed by atoms with E-state index < -0.39 is 10.1 Å². The van der Waals surface area contributed by atoms with E-state index in [2.05, 4.69) is 6.92 Å². The van der Waals surface area contributed by atoms with Gasteiger partial charge in [-0.1, -0.05) is 43.9 Å². The molecule has 0 heterocycles. The van der Waals surface area contributed by atoms with Crippen LogP contribution in [-0.4, -0.2) is 15.0 Å². The lowest BCUT2D eigenvalue weighted by Gasteiger charge is -2.27. The van der Waals surface area contributed by atoms with E-state index in [0.29, 0.717) is 12.5 Å². The number of aryl methyl sites for hydroxylation is 1. The topological polar surface area (TPSA) is 43.4 Å². The molecule has 0 saturated heterocycles. The molecular weight excluding hydrogens is 272 g/mol. The van der Waals surface area contributed by atoms with Crippen molar-refractivity contribution < 1.29 is 12.6 Å². The van der Waals surface area contributed by atoms with E-state index in [4.69, 9.17) is 4.18 Å². The van der Waals surface area contributed by atoms with Crippen LogP contribution in [-0.2, 0) is 14.3 Å². The lowest BCUT2D eigenvalue weighted by molar-refractivity contribution is 0.185. The molecule has 3 nitrogen and oxygen atoms in total. The Hall–Kier alpha value is -0.870. The van der Waals surface area contributed by atoms with Gasteiger partial charge in [0.25, 0.3) is 10.1 Å². The summed E-state index contributed by atoms with van der Waals surface area (Å²) in [6, 6.07) is 6.81. The molecule has 2 rings (SSSR count). The summed E-state index contributed by atoms with van der Waals surface area (Å²) < 4.78 is 29.4. The first-order valence-corrected chi connectivity index (χ1v) is 8.88. The van der Waals surface area contributed by atoms with E-state index in [0.717, 1.165) is 24.3 Å². The number of hydrogen-bond acceptors (Lipinski definition) is 3. The van der Waals surface area contributed by atoms with Crippen molar-refractivity contribution in [3.8, 4) is 0 Å². The first-order valence-electron chi connectivity index (χ1n) is 7.47. The second kappa shape index (κ2) is 6.72. The zero-order valence-corrected chi connectivity index (χ0v) is 13.2. The highest BCUT2D eigenvalue weighted by molar-refractivity contribution is 7.86. The molecule has 0 spiro atoms. The van der Waals surface area contributed by atoms with Gasteiger partial charge in [0.2, 0.25) is 0 Å². The summed E-state index contributed by atoms with van der Waals surface area (Å²) in [5.74, 6) is 1.21. The van der Waals surface area contributed by atoms with E-state index in [1.165, 1.54) is 19.3 Å². The highest BCUT2D eigenvalue weighted by Gasteiger charge is 2.23. The minimum atomic E-state index is -3.60. The molecule has 112 valence electrons. The maximum atomic E-state index is 12.1. The first kappa shape index (κ1) is 15.5. The molecule has 1 aliphatic carbocycles. The third kappa shape index (κ3) is 4.06. The summed E-state index contributed by atoms with van der Waals surface area (Å²) in [7, 11) is -3.60. The number of hydrogen-bond donors (Lipinski definition) is 0. The molecule has 20 heavy (non-hydrogen) atoms. The van der Waals surface area contributed by atoms with Crippen LogP contribution in [0.3, 0.4) is 0 Å². The smallest absolute Gasteiger partial charge is 0.266 e. The minimum Gasteiger partial charge on any atom is -0.266 e. The Morgan fingerprint density at radius 1 is 1.05 bits per heavy atom. The first-order chi connectivity index (χ1) is 9.51. The Kier molecular flexibility index (Phi) is 5.22. The Bertz CT molecular complexity index is 511. The summed E-state index contributed by atoms with van der Waals surface area (Å²) in [6.07, 6.45) is 5.81. The fourth-order valence-corrected chi connectivity index (χ4v) is 3.74. The molecule has 0 amide bonds. The summed E-state index contributed by atoms with van der Waals surface area (Å²) in [5, 5.41) is 0. The van der Waals surface area contributed by atoms with Crippen molar-refractivity contribution in [2.24, 2.45) is 11.8 Å². The maximum Gasteiger partial charge on any atom is 0.296 e. The van der Waals surface area contributed by atoms with Crippen molar-refractivity contribution in [1.82, 2.24) is 0 Å². The van der Waals surface area contributed by atoms with Crippen molar-refractivity contribution in [2.75, 3.05) is 6.61 Å². The van der Waals surface area contributed by atoms with Gasteiger partial charge in [0.15, 0.2) is 0 Å². The fourth-order valence-electron chi connectivity index (χ4n) is 2.77. The van der Waals surface area contributed by atoms with Crippen LogP contribution < -0.4 is 0 Å². The average molecular weight is 296 g/mol. The lowest BCUT2D eigenvalue weighted by atomic mass is 9.81. The third-order valence-corrected chi connectivity index (χ3v) is 5.61. The van der Waals surface area contributed by atoms with Gasteiger partial charge in [0.1, 0.15) is 0 Å². The molecule has 1 aliphatic rings. The van der Waals surface area contributed by atoms with Gasteiger partial charge in [0.05, 0.1) is 11.5 Å². The molecule has 0 radical (unpaired) electrons. The van der Waals surface area contributed by atoms with E-state index >= 15 is 0 Å². The summed E-state index contributed by atoms with van der Waals surface area (Å²) in [5.41, 5.74) is 1.04. The van der Waals surface area contributed by atoms with Gasteiger partial charge < -0.3 is 0 Å². The van der Waals surface area contributed by atoms with Crippen molar-refractivity contribution >= 4 is 10.1 Å². The minimum absolute atomic E-state index is 0.255. The van der Waals surface area contributed by atoms with E-state index in [-0.39, 0.29) is 4.90 Å². The van der Waals surface area contributed by atoms with Crippen LogP contribution in [0.4, 0.5) is 0 Å². The standard InChI is InChI=1S/C16H24O3S/c1-3-14-6-8-15(9-7-14)12-19-20(17,18)16-10-4-13(2)5-11-16/h4-5,10-11,14-15H,3,6-9,12H2,1-2H3. The molecular formula is C16H24O3S. The van der Waals surface area contributed by atoms with Crippen molar-refractivity contribution in [2.45, 2.75) is 50.8 Å². The van der Waals surface area contributed by atoms with Crippen LogP contribution in [0.2, 0.25) is 0 Å². The second-order valence-electron chi connectivity index (χ2n) is 5.85. The Labute approximate surface area is 122 Å². The molecule has 1 fully saturated rings. The van der Waals surface area contributed by atoms with Crippen LogP contribution >= 0.6 is 0 Å². The predicted molar refractivity (Wildman–Crippen MR) is 80.1 cm³/mol. The normalized spacial score (nSPS) is 23.7. The van der Waals surface area contributed by atoms with Crippen molar-refractivity contribution in [3.63, 3.8) is 0 Å². The van der Waals surface area contributed by atoms with Gasteiger partial charge in [-0.2, -0.15) is 8.42 Å². The van der Waals surface area contributed by atoms with Gasteiger partial charge >= 0.3 is 0 Å². The molecule has 0 aliphatic heterocycles. The summed E-state index contributed by atoms with van der Waals surface area (Å²) >= 11 is 0. The van der Waals surface area contributed by atoms with E-state index in [1.807, 2.05) is 6.92 Å². The van der Waals surface area contributed by atoms with Crippen LogP contribution in [0.5, 0.6) is 0 Å². The van der Waals surface area contributed by atoms with Gasteiger partial charge in [-0.05, 0) is 43.7 Å². The molecule has 1 saturated carbocycles. The maximum absolute atomic E-state index is 12.1. The van der Waals surface area contributed by atoms with Gasteiger partial charge in [-0.3, -0.25) is 4.18 Å². The average Bonchev–Trinajstić information content (AvgIpc) is 2.46. The molecule has 0 atom stereocenters. The molecule has 1 aromatic carbocycles. The molecule has 0 unspecified atom stereocenters. The van der Waals surface area contributed by atoms with Gasteiger partial charge in [0, 0.05) is 0 Å². The number of rotatable bonds is 5. The van der Waals surface area contributed by atoms with Crippen LogP contribution in [0.1, 0.15) is 44.6 Å². The van der Waals surface area contributed by atoms with E-state index in [9.17, 15) is 8.42 Å². The largest absolute Gasteiger partial charge is 0.296 e. The van der Waals surface area contributed by atoms with Crippen molar-refractivity contribution in [1.29, 1.82) is 0 Å². The third-order valence-electron chi connectivity index (χ3n) is 4.31. The Morgan fingerprint density at radius 2 is 1.60 bits per heavy atom. The molecule has 0 N–H and O–H groups in total. The predicted octanol–water partition coefficient (Wildman–Crippen LogP) is 3.92. The van der Waals surface area contributed by atoms with Crippen molar-refractivity contribution in [3.05, 3.63) is 29.8 Å². The molecule has 0 bridgehead atoms. The number of benzene rings is 1. The lowest BCUT2D eigenvalue weighted by Crippen LogP contribution is -2.20. The Balaban J connectivity index is 1.88. The van der Waals surface area contributed by atoms with Gasteiger partial charge in [-0.25, -0.2) is 0 Å². The monoisotopic (exact) mass is 296 g/mol. The van der Waals surface area contributed by atoms with Crippen LogP contribution in [0.15, 0.2) is 29.2 Å². The van der Waals surface area contributed by atoms with Crippen LogP contribution in [0, 0.1) is 18.8 Å². The highest BCUT2D eigenvalue weighted by Crippen LogP contribution is 2.31. The summed E-state index contributed by atoms with van der Waals surface area (Å²) in [4.78, 5) is 0.255. The highest BCUT2D eigenvalue weighted by atomic mass is 32.2. The second-order valence-corrected chi connectivity index (χ2v) is 7.46. The Morgan fingerprint density at radius 3 is 2.15 bits per heavy atom. The summed E-state index contributed by atoms with van der Waals surface area (Å²) in [6.45, 7) is 4.49. The van der Waals surface area contributed by atoms with E-state index in [1.54, 1.807) is 24.3 Å². The van der Waals surface area contributed by atoms with Gasteiger partial charge in [-0.15, -0.1) is 0 Å². The quantitative estimate of drug-likeness (QED) is 0.774. The fraction of sp³-hybridized carbons (Fsp3) is 0.625. The molecule has 4 heteroatoms.